The lowest BCUT2D eigenvalue weighted by Gasteiger charge is -2.43. The first-order valence-corrected chi connectivity index (χ1v) is 9.25. The molecule has 0 unspecified atom stereocenters. The van der Waals surface area contributed by atoms with Crippen LogP contribution in [0.5, 0.6) is 0 Å². The lowest BCUT2D eigenvalue weighted by molar-refractivity contribution is -0.148. The van der Waals surface area contributed by atoms with Crippen LogP contribution in [0.3, 0.4) is 0 Å². The van der Waals surface area contributed by atoms with Gasteiger partial charge in [-0.25, -0.2) is 9.78 Å². The van der Waals surface area contributed by atoms with E-state index in [9.17, 15) is 4.79 Å². The predicted molar refractivity (Wildman–Crippen MR) is 90.3 cm³/mol. The number of carbonyl (C=O) groups is 1. The van der Waals surface area contributed by atoms with Crippen molar-refractivity contribution in [1.29, 1.82) is 0 Å². The minimum absolute atomic E-state index is 0.00634. The van der Waals surface area contributed by atoms with Crippen molar-refractivity contribution in [2.24, 2.45) is 0 Å². The van der Waals surface area contributed by atoms with Crippen molar-refractivity contribution in [1.82, 2.24) is 14.5 Å². The molecule has 1 N–H and O–H groups in total. The largest absolute Gasteiger partial charge is 0.480 e. The van der Waals surface area contributed by atoms with E-state index in [1.165, 1.54) is 12.8 Å². The fourth-order valence-electron chi connectivity index (χ4n) is 4.62. The van der Waals surface area contributed by atoms with Crippen molar-refractivity contribution in [3.8, 4) is 0 Å². The van der Waals surface area contributed by atoms with E-state index >= 15 is 0 Å². The van der Waals surface area contributed by atoms with Crippen molar-refractivity contribution in [2.75, 3.05) is 20.3 Å². The van der Waals surface area contributed by atoms with E-state index in [-0.39, 0.29) is 24.4 Å². The molecule has 0 spiro atoms. The number of carboxylic acid groups (broad SMARTS) is 1. The van der Waals surface area contributed by atoms with Crippen molar-refractivity contribution in [3.05, 3.63) is 18.2 Å². The predicted octanol–water partition coefficient (Wildman–Crippen LogP) is 1.83. The molecule has 25 heavy (non-hydrogen) atoms. The summed E-state index contributed by atoms with van der Waals surface area (Å²) in [4.78, 5) is 17.8. The van der Waals surface area contributed by atoms with Gasteiger partial charge in [0.25, 0.3) is 0 Å². The van der Waals surface area contributed by atoms with Gasteiger partial charge in [0.2, 0.25) is 0 Å². The second kappa shape index (κ2) is 6.70. The van der Waals surface area contributed by atoms with Gasteiger partial charge in [-0.15, -0.1) is 0 Å². The topological polar surface area (TPSA) is 76.8 Å². The van der Waals surface area contributed by atoms with Crippen LogP contribution in [0.2, 0.25) is 0 Å². The van der Waals surface area contributed by atoms with Crippen LogP contribution in [0.25, 0.3) is 0 Å². The van der Waals surface area contributed by atoms with Gasteiger partial charge in [-0.1, -0.05) is 0 Å². The molecule has 4 rings (SSSR count). The lowest BCUT2D eigenvalue weighted by atomic mass is 9.79. The number of methoxy groups -OCH3 is 1. The molecule has 0 bridgehead atoms. The molecule has 3 fully saturated rings. The summed E-state index contributed by atoms with van der Waals surface area (Å²) in [5.74, 6) is 0.223. The van der Waals surface area contributed by atoms with E-state index in [4.69, 9.17) is 14.6 Å². The highest BCUT2D eigenvalue weighted by molar-refractivity contribution is 5.68. The fourth-order valence-corrected chi connectivity index (χ4v) is 4.62. The van der Waals surface area contributed by atoms with Gasteiger partial charge in [-0.2, -0.15) is 0 Å². The Kier molecular flexibility index (Phi) is 4.56. The van der Waals surface area contributed by atoms with Crippen LogP contribution < -0.4 is 0 Å². The molecule has 0 radical (unpaired) electrons. The number of hydrogen-bond donors (Lipinski definition) is 1. The normalized spacial score (nSPS) is 32.7. The molecule has 0 aromatic carbocycles. The summed E-state index contributed by atoms with van der Waals surface area (Å²) in [5.41, 5.74) is -0.125. The third kappa shape index (κ3) is 3.32. The number of ether oxygens (including phenoxy) is 2. The van der Waals surface area contributed by atoms with Crippen molar-refractivity contribution in [2.45, 2.75) is 68.9 Å². The van der Waals surface area contributed by atoms with Gasteiger partial charge in [0.05, 0.1) is 18.2 Å². The summed E-state index contributed by atoms with van der Waals surface area (Å²) >= 11 is 0. The van der Waals surface area contributed by atoms with Gasteiger partial charge in [0.15, 0.2) is 0 Å². The number of rotatable bonds is 7. The molecule has 1 aromatic heterocycles. The summed E-state index contributed by atoms with van der Waals surface area (Å²) in [6, 6.07) is 0.889. The van der Waals surface area contributed by atoms with E-state index in [0.717, 1.165) is 44.6 Å². The molecule has 3 aliphatic rings. The van der Waals surface area contributed by atoms with Gasteiger partial charge in [0.1, 0.15) is 12.4 Å². The van der Waals surface area contributed by atoms with Crippen LogP contribution in [0.1, 0.15) is 50.4 Å². The summed E-state index contributed by atoms with van der Waals surface area (Å²) in [7, 11) is 1.81. The SMILES string of the molecule is CO[C@@]12CC[C@H](OCC(=O)O)C[C@@H]1N(Cc1nccn1C1CC1)CC2. The van der Waals surface area contributed by atoms with E-state index in [2.05, 4.69) is 20.6 Å². The van der Waals surface area contributed by atoms with Gasteiger partial charge < -0.3 is 19.1 Å². The number of aliphatic carboxylic acids is 1. The van der Waals surface area contributed by atoms with E-state index in [0.29, 0.717) is 6.04 Å². The van der Waals surface area contributed by atoms with Crippen LogP contribution in [0, 0.1) is 0 Å². The summed E-state index contributed by atoms with van der Waals surface area (Å²) in [6.45, 7) is 1.59. The zero-order chi connectivity index (χ0) is 17.4. The molecule has 7 nitrogen and oxygen atoms in total. The van der Waals surface area contributed by atoms with Crippen molar-refractivity contribution in [3.63, 3.8) is 0 Å². The molecule has 1 saturated heterocycles. The first-order valence-electron chi connectivity index (χ1n) is 9.25. The Labute approximate surface area is 147 Å². The summed E-state index contributed by atoms with van der Waals surface area (Å²) in [5, 5.41) is 8.87. The highest BCUT2D eigenvalue weighted by Crippen LogP contribution is 2.44. The maximum atomic E-state index is 10.8. The Balaban J connectivity index is 1.46. The van der Waals surface area contributed by atoms with Gasteiger partial charge in [-0.05, 0) is 38.5 Å². The fraction of sp³-hybridized carbons (Fsp3) is 0.778. The molecule has 2 heterocycles. The number of hydrogen-bond acceptors (Lipinski definition) is 5. The maximum absolute atomic E-state index is 10.8. The second-order valence-electron chi connectivity index (χ2n) is 7.59. The van der Waals surface area contributed by atoms with E-state index < -0.39 is 5.97 Å². The van der Waals surface area contributed by atoms with Gasteiger partial charge in [-0.3, -0.25) is 4.90 Å². The van der Waals surface area contributed by atoms with E-state index in [1.54, 1.807) is 7.11 Å². The Morgan fingerprint density at radius 1 is 1.40 bits per heavy atom. The first kappa shape index (κ1) is 17.0. The number of nitrogens with zero attached hydrogens (tertiary/aromatic N) is 3. The minimum Gasteiger partial charge on any atom is -0.480 e. The molecule has 3 atom stereocenters. The van der Waals surface area contributed by atoms with Crippen LogP contribution in [-0.2, 0) is 20.8 Å². The highest BCUT2D eigenvalue weighted by Gasteiger charge is 2.51. The van der Waals surface area contributed by atoms with Gasteiger partial charge >= 0.3 is 5.97 Å². The molecule has 138 valence electrons. The highest BCUT2D eigenvalue weighted by atomic mass is 16.5. The molecule has 7 heteroatoms. The second-order valence-corrected chi connectivity index (χ2v) is 7.59. The zero-order valence-corrected chi connectivity index (χ0v) is 14.8. The quantitative estimate of drug-likeness (QED) is 0.809. The third-order valence-corrected chi connectivity index (χ3v) is 6.13. The van der Waals surface area contributed by atoms with Gasteiger partial charge in [0, 0.05) is 38.1 Å². The average Bonchev–Trinajstić information content (AvgIpc) is 3.25. The Morgan fingerprint density at radius 3 is 2.96 bits per heavy atom. The molecule has 2 saturated carbocycles. The zero-order valence-electron chi connectivity index (χ0n) is 14.8. The van der Waals surface area contributed by atoms with Crippen LogP contribution in [0.15, 0.2) is 12.4 Å². The number of imidazole rings is 1. The minimum atomic E-state index is -0.904. The summed E-state index contributed by atoms with van der Waals surface area (Å²) in [6.07, 6.45) is 10.1. The Morgan fingerprint density at radius 2 is 2.24 bits per heavy atom. The van der Waals surface area contributed by atoms with Crippen LogP contribution in [0.4, 0.5) is 0 Å². The number of likely N-dealkylation sites (tertiary alicyclic amines) is 1. The average molecular weight is 349 g/mol. The van der Waals surface area contributed by atoms with Crippen molar-refractivity contribution < 1.29 is 19.4 Å². The Hall–Kier alpha value is -1.44. The molecule has 2 aliphatic carbocycles. The van der Waals surface area contributed by atoms with Crippen LogP contribution in [-0.4, -0.2) is 63.5 Å². The molecular weight excluding hydrogens is 322 g/mol. The van der Waals surface area contributed by atoms with E-state index in [1.807, 2.05) is 6.20 Å². The number of carboxylic acids is 1. The lowest BCUT2D eigenvalue weighted by Crippen LogP contribution is -2.51. The van der Waals surface area contributed by atoms with Crippen LogP contribution >= 0.6 is 0 Å². The molecule has 1 aromatic rings. The summed E-state index contributed by atoms with van der Waals surface area (Å²) < 4.78 is 13.9. The smallest absolute Gasteiger partial charge is 0.329 e. The Bertz CT molecular complexity index is 630. The maximum Gasteiger partial charge on any atom is 0.329 e. The standard InChI is InChI=1S/C18H27N3O4/c1-24-18-5-4-14(25-12-17(22)23)10-15(18)20(8-6-18)11-16-19-7-9-21(16)13-2-3-13/h7,9,13-15H,2-6,8,10-12H2,1H3,(H,22,23)/t14-,15-,18+/m0/s1. The molecule has 0 amide bonds. The molecule has 1 aliphatic heterocycles. The van der Waals surface area contributed by atoms with Crippen molar-refractivity contribution >= 4 is 5.97 Å². The molecular formula is C18H27N3O4. The number of aromatic nitrogens is 2. The number of fused-ring (bicyclic) bond motifs is 1. The first-order chi connectivity index (χ1) is 12.1. The monoisotopic (exact) mass is 349 g/mol. The third-order valence-electron chi connectivity index (χ3n) is 6.13.